The zero-order valence-electron chi connectivity index (χ0n) is 20.7. The number of guanidine groups is 2. The van der Waals surface area contributed by atoms with Crippen LogP contribution in [0, 0.1) is 5.41 Å². The number of nitrogens with zero attached hydrogens (tertiary/aromatic N) is 2. The lowest BCUT2D eigenvalue weighted by Gasteiger charge is -2.08. The maximum Gasteiger partial charge on any atom is 0.303 e. The number of nitrogens with two attached hydrogens (primary N) is 2. The van der Waals surface area contributed by atoms with Gasteiger partial charge in [-0.05, 0) is 51.4 Å². The molecule has 7 nitrogen and oxygen atoms in total. The summed E-state index contributed by atoms with van der Waals surface area (Å²) >= 11 is 0. The number of carboxylic acids is 1. The molecule has 0 aromatic rings. The predicted octanol–water partition coefficient (Wildman–Crippen LogP) is 5.53. The van der Waals surface area contributed by atoms with E-state index in [-0.39, 0.29) is 11.9 Å². The number of carbonyl (C=O) groups is 1. The Morgan fingerprint density at radius 3 is 1.64 bits per heavy atom. The summed E-state index contributed by atoms with van der Waals surface area (Å²) in [7, 11) is 3.45. The highest BCUT2D eigenvalue weighted by Gasteiger charge is 1.94. The number of unbranched alkanes of at least 4 members (excludes halogenated alkanes) is 3. The smallest absolute Gasteiger partial charge is 0.303 e. The molecular formula is C26H45N5O2. The summed E-state index contributed by atoms with van der Waals surface area (Å²) in [6, 6.07) is 0. The van der Waals surface area contributed by atoms with Gasteiger partial charge in [0, 0.05) is 20.5 Å². The lowest BCUT2D eigenvalue weighted by molar-refractivity contribution is -0.137. The molecule has 0 bridgehead atoms. The Kier molecular flexibility index (Phi) is 24.5. The molecule has 0 aliphatic heterocycles. The Bertz CT molecular complexity index is 674. The van der Waals surface area contributed by atoms with Crippen molar-refractivity contribution in [1.29, 1.82) is 5.41 Å². The average molecular weight is 460 g/mol. The molecule has 0 fully saturated rings. The van der Waals surface area contributed by atoms with Crippen LogP contribution in [0.15, 0.2) is 65.8 Å². The van der Waals surface area contributed by atoms with Crippen LogP contribution in [0.3, 0.4) is 0 Å². The molecule has 7 heteroatoms. The SMILES string of the molecule is CC/C=C\C/C=C\C/C=C\C/C=C\C/C=C\CCCCCC(=O)O.CN(C)C(N)=NC(=N)N. The van der Waals surface area contributed by atoms with Crippen molar-refractivity contribution >= 4 is 17.9 Å². The van der Waals surface area contributed by atoms with Gasteiger partial charge in [0.05, 0.1) is 0 Å². The zero-order chi connectivity index (χ0) is 25.2. The van der Waals surface area contributed by atoms with Gasteiger partial charge in [-0.25, -0.2) is 0 Å². The van der Waals surface area contributed by atoms with Gasteiger partial charge in [0.15, 0.2) is 5.96 Å². The molecule has 0 atom stereocenters. The van der Waals surface area contributed by atoms with Gasteiger partial charge in [-0.1, -0.05) is 74.1 Å². The van der Waals surface area contributed by atoms with Crippen molar-refractivity contribution in [3.05, 3.63) is 60.8 Å². The van der Waals surface area contributed by atoms with Gasteiger partial charge in [0.1, 0.15) is 0 Å². The summed E-state index contributed by atoms with van der Waals surface area (Å²) in [4.78, 5) is 15.4. The number of nitrogens with one attached hydrogen (secondary N) is 1. The highest BCUT2D eigenvalue weighted by atomic mass is 16.4. The van der Waals surface area contributed by atoms with E-state index in [1.54, 1.807) is 19.0 Å². The highest BCUT2D eigenvalue weighted by Crippen LogP contribution is 2.04. The first-order valence-electron chi connectivity index (χ1n) is 11.6. The Morgan fingerprint density at radius 1 is 0.818 bits per heavy atom. The van der Waals surface area contributed by atoms with Gasteiger partial charge >= 0.3 is 5.97 Å². The van der Waals surface area contributed by atoms with Crippen molar-refractivity contribution in [2.45, 2.75) is 71.1 Å². The number of hydrogen-bond acceptors (Lipinski definition) is 2. The topological polar surface area (TPSA) is 129 Å². The van der Waals surface area contributed by atoms with Crippen LogP contribution in [-0.4, -0.2) is 42.0 Å². The van der Waals surface area contributed by atoms with Gasteiger partial charge in [0.25, 0.3) is 0 Å². The van der Waals surface area contributed by atoms with Gasteiger partial charge in [-0.3, -0.25) is 10.2 Å². The number of aliphatic imine (C=N–C) groups is 1. The highest BCUT2D eigenvalue weighted by molar-refractivity contribution is 5.91. The summed E-state index contributed by atoms with van der Waals surface area (Å²) in [5, 5.41) is 15.2. The Balaban J connectivity index is 0. The predicted molar refractivity (Wildman–Crippen MR) is 142 cm³/mol. The third kappa shape index (κ3) is 31.2. The Hall–Kier alpha value is -3.09. The van der Waals surface area contributed by atoms with Crippen LogP contribution in [0.25, 0.3) is 0 Å². The Morgan fingerprint density at radius 2 is 1.27 bits per heavy atom. The number of hydrogen-bond donors (Lipinski definition) is 4. The average Bonchev–Trinajstić information content (AvgIpc) is 2.75. The largest absolute Gasteiger partial charge is 0.481 e. The second-order valence-electron chi connectivity index (χ2n) is 7.45. The van der Waals surface area contributed by atoms with E-state index in [2.05, 4.69) is 72.7 Å². The van der Waals surface area contributed by atoms with Crippen LogP contribution in [0.2, 0.25) is 0 Å². The van der Waals surface area contributed by atoms with Crippen molar-refractivity contribution in [2.75, 3.05) is 14.1 Å². The summed E-state index contributed by atoms with van der Waals surface area (Å²) in [6.45, 7) is 2.15. The molecule has 0 aromatic heterocycles. The molecule has 0 aliphatic carbocycles. The van der Waals surface area contributed by atoms with Crippen LogP contribution >= 0.6 is 0 Å². The van der Waals surface area contributed by atoms with E-state index in [0.29, 0.717) is 6.42 Å². The molecule has 0 spiro atoms. The third-order valence-electron chi connectivity index (χ3n) is 4.11. The minimum atomic E-state index is -0.690. The molecule has 0 saturated heterocycles. The monoisotopic (exact) mass is 459 g/mol. The molecule has 0 amide bonds. The summed E-state index contributed by atoms with van der Waals surface area (Å²) < 4.78 is 0. The fourth-order valence-corrected chi connectivity index (χ4v) is 2.31. The van der Waals surface area contributed by atoms with Crippen molar-refractivity contribution in [3.63, 3.8) is 0 Å². The fraction of sp³-hybridized carbons (Fsp3) is 0.500. The van der Waals surface area contributed by atoms with Gasteiger partial charge in [0.2, 0.25) is 5.96 Å². The quantitative estimate of drug-likeness (QED) is 0.111. The van der Waals surface area contributed by atoms with E-state index in [4.69, 9.17) is 22.0 Å². The van der Waals surface area contributed by atoms with E-state index in [0.717, 1.165) is 57.8 Å². The second kappa shape index (κ2) is 25.2. The van der Waals surface area contributed by atoms with Gasteiger partial charge < -0.3 is 21.5 Å². The van der Waals surface area contributed by atoms with Gasteiger partial charge in [-0.2, -0.15) is 4.99 Å². The molecule has 0 rings (SSSR count). The second-order valence-corrected chi connectivity index (χ2v) is 7.45. The Labute approximate surface area is 200 Å². The van der Waals surface area contributed by atoms with Crippen molar-refractivity contribution < 1.29 is 9.90 Å². The van der Waals surface area contributed by atoms with Crippen LogP contribution in [0.1, 0.15) is 71.1 Å². The fourth-order valence-electron chi connectivity index (χ4n) is 2.31. The van der Waals surface area contributed by atoms with E-state index < -0.39 is 5.97 Å². The maximum absolute atomic E-state index is 10.3. The third-order valence-corrected chi connectivity index (χ3v) is 4.11. The van der Waals surface area contributed by atoms with Crippen LogP contribution in [-0.2, 0) is 4.79 Å². The van der Waals surface area contributed by atoms with E-state index in [1.807, 2.05) is 0 Å². The first-order chi connectivity index (χ1) is 15.8. The summed E-state index contributed by atoms with van der Waals surface area (Å²) in [6.07, 6.45) is 31.3. The standard InChI is InChI=1S/C22H34O2.C4H11N5/c1-2-3-4-5-6-7-8-9-10-11-12-13-14-15-16-17-18-19-20-21-22(23)24;1-9(2)4(7)8-3(5)6/h3-4,6-7,9-10,12-13,15-16H,2,5,8,11,14,17-21H2,1H3,(H,23,24);1-2H3,(H5,5,6,7,8)/b4-3-,7-6-,10-9-,13-12-,16-15-;. The first-order valence-corrected chi connectivity index (χ1v) is 11.6. The normalized spacial score (nSPS) is 12.3. The molecule has 0 saturated carbocycles. The molecule has 0 heterocycles. The zero-order valence-corrected chi connectivity index (χ0v) is 20.7. The number of carboxylic acid groups (broad SMARTS) is 1. The number of rotatable bonds is 15. The summed E-state index contributed by atoms with van der Waals surface area (Å²) in [5.74, 6) is -0.728. The van der Waals surface area contributed by atoms with Gasteiger partial charge in [-0.15, -0.1) is 0 Å². The maximum atomic E-state index is 10.3. The van der Waals surface area contributed by atoms with Crippen molar-refractivity contribution in [3.8, 4) is 0 Å². The molecule has 0 unspecified atom stereocenters. The van der Waals surface area contributed by atoms with E-state index in [9.17, 15) is 4.79 Å². The lowest BCUT2D eigenvalue weighted by atomic mass is 10.1. The summed E-state index contributed by atoms with van der Waals surface area (Å²) in [5.41, 5.74) is 10.2. The lowest BCUT2D eigenvalue weighted by Crippen LogP contribution is -2.32. The molecule has 186 valence electrons. The minimum Gasteiger partial charge on any atom is -0.481 e. The van der Waals surface area contributed by atoms with Crippen LogP contribution in [0.4, 0.5) is 0 Å². The number of aliphatic carboxylic acids is 1. The molecule has 33 heavy (non-hydrogen) atoms. The van der Waals surface area contributed by atoms with E-state index in [1.165, 1.54) is 0 Å². The minimum absolute atomic E-state index is 0.238. The van der Waals surface area contributed by atoms with Crippen LogP contribution < -0.4 is 11.5 Å². The molecular weight excluding hydrogens is 414 g/mol. The van der Waals surface area contributed by atoms with Crippen molar-refractivity contribution in [2.24, 2.45) is 16.5 Å². The van der Waals surface area contributed by atoms with Crippen molar-refractivity contribution in [1.82, 2.24) is 4.90 Å². The molecule has 0 aromatic carbocycles. The molecule has 0 radical (unpaired) electrons. The van der Waals surface area contributed by atoms with E-state index >= 15 is 0 Å². The molecule has 6 N–H and O–H groups in total. The number of allylic oxidation sites excluding steroid dienone is 10. The first kappa shape index (κ1) is 32.1. The molecule has 0 aliphatic rings. The van der Waals surface area contributed by atoms with Crippen LogP contribution in [0.5, 0.6) is 0 Å².